The van der Waals surface area contributed by atoms with E-state index in [1.807, 2.05) is 17.0 Å². The molecule has 0 aliphatic carbocycles. The molecule has 2 N–H and O–H groups in total. The second kappa shape index (κ2) is 9.26. The Morgan fingerprint density at radius 1 is 0.964 bits per heavy atom. The first-order chi connectivity index (χ1) is 13.6. The standard InChI is InChI=1S/C22H27N3O3/c1-23-18-9-7-8-16(14-18)21(26)24-19-15-17(10-11-20(19)28-2)22(27)25-12-5-3-4-6-13-25/h7-11,14-15,23H,3-6,12-13H2,1-2H3,(H,24,26). The molecule has 0 atom stereocenters. The van der Waals surface area contributed by atoms with E-state index in [9.17, 15) is 9.59 Å². The van der Waals surface area contributed by atoms with Crippen molar-refractivity contribution in [1.82, 2.24) is 4.90 Å². The molecule has 148 valence electrons. The number of carbonyl (C=O) groups excluding carboxylic acids is 2. The van der Waals surface area contributed by atoms with Crippen molar-refractivity contribution in [2.75, 3.05) is 37.9 Å². The lowest BCUT2D eigenvalue weighted by atomic mass is 10.1. The summed E-state index contributed by atoms with van der Waals surface area (Å²) in [6.45, 7) is 1.56. The van der Waals surface area contributed by atoms with Crippen LogP contribution in [0.15, 0.2) is 42.5 Å². The largest absolute Gasteiger partial charge is 0.495 e. The number of carbonyl (C=O) groups is 2. The molecule has 0 spiro atoms. The normalized spacial score (nSPS) is 14.1. The lowest BCUT2D eigenvalue weighted by Crippen LogP contribution is -2.31. The molecule has 6 heteroatoms. The summed E-state index contributed by atoms with van der Waals surface area (Å²) < 4.78 is 5.38. The van der Waals surface area contributed by atoms with Crippen LogP contribution in [0.25, 0.3) is 0 Å². The maximum absolute atomic E-state index is 12.9. The fourth-order valence-corrected chi connectivity index (χ4v) is 3.41. The van der Waals surface area contributed by atoms with Crippen LogP contribution in [0.4, 0.5) is 11.4 Å². The van der Waals surface area contributed by atoms with Gasteiger partial charge in [0.15, 0.2) is 0 Å². The third-order valence-corrected chi connectivity index (χ3v) is 5.00. The van der Waals surface area contributed by atoms with Crippen molar-refractivity contribution < 1.29 is 14.3 Å². The van der Waals surface area contributed by atoms with Gasteiger partial charge in [0.1, 0.15) is 5.75 Å². The van der Waals surface area contributed by atoms with Crippen LogP contribution in [-0.4, -0.2) is 44.0 Å². The summed E-state index contributed by atoms with van der Waals surface area (Å²) in [4.78, 5) is 27.5. The first-order valence-electron chi connectivity index (χ1n) is 9.69. The molecule has 2 amide bonds. The van der Waals surface area contributed by atoms with Crippen molar-refractivity contribution in [1.29, 1.82) is 0 Å². The first kappa shape index (κ1) is 19.7. The van der Waals surface area contributed by atoms with Gasteiger partial charge < -0.3 is 20.3 Å². The zero-order valence-corrected chi connectivity index (χ0v) is 16.5. The summed E-state index contributed by atoms with van der Waals surface area (Å²) in [5, 5.41) is 5.90. The van der Waals surface area contributed by atoms with Gasteiger partial charge in [0.05, 0.1) is 12.8 Å². The van der Waals surface area contributed by atoms with E-state index in [2.05, 4.69) is 10.6 Å². The molecule has 1 aliphatic heterocycles. The van der Waals surface area contributed by atoms with Crippen LogP contribution >= 0.6 is 0 Å². The highest BCUT2D eigenvalue weighted by molar-refractivity contribution is 6.06. The fourth-order valence-electron chi connectivity index (χ4n) is 3.41. The predicted molar refractivity (Wildman–Crippen MR) is 111 cm³/mol. The van der Waals surface area contributed by atoms with Crippen molar-refractivity contribution in [2.24, 2.45) is 0 Å². The van der Waals surface area contributed by atoms with Crippen LogP contribution in [0.3, 0.4) is 0 Å². The molecule has 28 heavy (non-hydrogen) atoms. The van der Waals surface area contributed by atoms with Crippen LogP contribution in [-0.2, 0) is 0 Å². The molecule has 1 heterocycles. The van der Waals surface area contributed by atoms with Crippen molar-refractivity contribution in [2.45, 2.75) is 25.7 Å². The number of anilines is 2. The minimum absolute atomic E-state index is 0.00256. The smallest absolute Gasteiger partial charge is 0.255 e. The van der Waals surface area contributed by atoms with Crippen molar-refractivity contribution in [3.63, 3.8) is 0 Å². The van der Waals surface area contributed by atoms with Gasteiger partial charge in [0.25, 0.3) is 11.8 Å². The van der Waals surface area contributed by atoms with E-state index < -0.39 is 0 Å². The second-order valence-electron chi connectivity index (χ2n) is 6.91. The fraction of sp³-hybridized carbons (Fsp3) is 0.364. The Labute approximate surface area is 165 Å². The van der Waals surface area contributed by atoms with Gasteiger partial charge in [-0.1, -0.05) is 18.9 Å². The van der Waals surface area contributed by atoms with Gasteiger partial charge in [-0.05, 0) is 49.2 Å². The number of ether oxygens (including phenoxy) is 1. The van der Waals surface area contributed by atoms with Gasteiger partial charge in [-0.2, -0.15) is 0 Å². The van der Waals surface area contributed by atoms with Crippen LogP contribution in [0.2, 0.25) is 0 Å². The molecule has 0 unspecified atom stereocenters. The minimum atomic E-state index is -0.255. The van der Waals surface area contributed by atoms with Gasteiger partial charge in [-0.3, -0.25) is 9.59 Å². The average Bonchev–Trinajstić information content (AvgIpc) is 3.02. The summed E-state index contributed by atoms with van der Waals surface area (Å²) in [5.74, 6) is 0.262. The summed E-state index contributed by atoms with van der Waals surface area (Å²) in [6, 6.07) is 12.4. The molecule has 1 aliphatic rings. The zero-order chi connectivity index (χ0) is 19.9. The van der Waals surface area contributed by atoms with E-state index in [4.69, 9.17) is 4.74 Å². The third kappa shape index (κ3) is 4.63. The quantitative estimate of drug-likeness (QED) is 0.821. The minimum Gasteiger partial charge on any atom is -0.495 e. The number of methoxy groups -OCH3 is 1. The van der Waals surface area contributed by atoms with E-state index in [0.29, 0.717) is 22.6 Å². The van der Waals surface area contributed by atoms with Gasteiger partial charge in [0.2, 0.25) is 0 Å². The molecule has 2 aromatic carbocycles. The van der Waals surface area contributed by atoms with Crippen LogP contribution in [0, 0.1) is 0 Å². The van der Waals surface area contributed by atoms with Crippen molar-refractivity contribution in [3.05, 3.63) is 53.6 Å². The van der Waals surface area contributed by atoms with Crippen molar-refractivity contribution >= 4 is 23.2 Å². The van der Waals surface area contributed by atoms with Crippen molar-refractivity contribution in [3.8, 4) is 5.75 Å². The van der Waals surface area contributed by atoms with Crippen LogP contribution < -0.4 is 15.4 Å². The summed E-state index contributed by atoms with van der Waals surface area (Å²) in [5.41, 5.74) is 2.42. The number of benzene rings is 2. The average molecular weight is 381 g/mol. The highest BCUT2D eigenvalue weighted by atomic mass is 16.5. The topological polar surface area (TPSA) is 70.7 Å². The Balaban J connectivity index is 1.82. The maximum atomic E-state index is 12.9. The maximum Gasteiger partial charge on any atom is 0.255 e. The highest BCUT2D eigenvalue weighted by Gasteiger charge is 2.19. The number of likely N-dealkylation sites (tertiary alicyclic amines) is 1. The first-order valence-corrected chi connectivity index (χ1v) is 9.69. The summed E-state index contributed by atoms with van der Waals surface area (Å²) >= 11 is 0. The van der Waals surface area contributed by atoms with E-state index >= 15 is 0 Å². The third-order valence-electron chi connectivity index (χ3n) is 5.00. The second-order valence-corrected chi connectivity index (χ2v) is 6.91. The molecule has 1 saturated heterocycles. The molecule has 3 rings (SSSR count). The van der Waals surface area contributed by atoms with Crippen LogP contribution in [0.1, 0.15) is 46.4 Å². The van der Waals surface area contributed by atoms with Gasteiger partial charge in [0, 0.05) is 37.0 Å². The molecule has 0 aromatic heterocycles. The lowest BCUT2D eigenvalue weighted by molar-refractivity contribution is 0.0761. The molecular formula is C22H27N3O3. The number of nitrogens with one attached hydrogen (secondary N) is 2. The molecule has 1 fully saturated rings. The number of rotatable bonds is 5. The Morgan fingerprint density at radius 3 is 2.39 bits per heavy atom. The molecule has 2 aromatic rings. The van der Waals surface area contributed by atoms with Gasteiger partial charge in [-0.15, -0.1) is 0 Å². The summed E-state index contributed by atoms with van der Waals surface area (Å²) in [6.07, 6.45) is 4.40. The Morgan fingerprint density at radius 2 is 1.71 bits per heavy atom. The van der Waals surface area contributed by atoms with E-state index in [-0.39, 0.29) is 11.8 Å². The molecular weight excluding hydrogens is 354 g/mol. The Hall–Kier alpha value is -3.02. The monoisotopic (exact) mass is 381 g/mol. The van der Waals surface area contributed by atoms with Gasteiger partial charge >= 0.3 is 0 Å². The van der Waals surface area contributed by atoms with E-state index in [1.165, 1.54) is 12.8 Å². The number of amides is 2. The molecule has 0 radical (unpaired) electrons. The zero-order valence-electron chi connectivity index (χ0n) is 16.5. The van der Waals surface area contributed by atoms with E-state index in [1.54, 1.807) is 44.5 Å². The highest BCUT2D eigenvalue weighted by Crippen LogP contribution is 2.27. The van der Waals surface area contributed by atoms with Gasteiger partial charge in [-0.25, -0.2) is 0 Å². The molecule has 0 saturated carbocycles. The van der Waals surface area contributed by atoms with E-state index in [0.717, 1.165) is 31.6 Å². The Kier molecular flexibility index (Phi) is 6.53. The SMILES string of the molecule is CNc1cccc(C(=O)Nc2cc(C(=O)N3CCCCCC3)ccc2OC)c1. The molecule has 0 bridgehead atoms. The number of hydrogen-bond acceptors (Lipinski definition) is 4. The lowest BCUT2D eigenvalue weighted by Gasteiger charge is -2.21. The Bertz CT molecular complexity index is 843. The molecule has 6 nitrogen and oxygen atoms in total. The predicted octanol–water partition coefficient (Wildman–Crippen LogP) is 4.01. The number of hydrogen-bond donors (Lipinski definition) is 2. The van der Waals surface area contributed by atoms with Crippen LogP contribution in [0.5, 0.6) is 5.75 Å². The summed E-state index contributed by atoms with van der Waals surface area (Å²) in [7, 11) is 3.35. The number of nitrogens with zero attached hydrogens (tertiary/aromatic N) is 1.